The molecule has 0 saturated carbocycles. The van der Waals surface area contributed by atoms with E-state index >= 15 is 0 Å². The lowest BCUT2D eigenvalue weighted by atomic mass is 9.94. The molecule has 27 heteroatoms. The van der Waals surface area contributed by atoms with Gasteiger partial charge in [0, 0.05) is 13.8 Å². The van der Waals surface area contributed by atoms with Gasteiger partial charge in [-0.3, -0.25) is 9.59 Å². The minimum absolute atomic E-state index is 0.676. The van der Waals surface area contributed by atoms with E-state index in [0.29, 0.717) is 0 Å². The summed E-state index contributed by atoms with van der Waals surface area (Å²) in [5.74, 6) is -1.50. The van der Waals surface area contributed by atoms with Crippen LogP contribution in [0, 0.1) is 0 Å². The zero-order valence-corrected chi connectivity index (χ0v) is 33.0. The maximum atomic E-state index is 12.5. The Balaban J connectivity index is 1.33. The molecule has 5 saturated heterocycles. The Morgan fingerprint density at radius 1 is 0.459 bits per heavy atom. The Morgan fingerprint density at radius 3 is 1.46 bits per heavy atom. The SMILES string of the molecule is CC(=O)N[C@@H]1[C@@H](O)[C@H](O[C@@H]2O[C@H](CO)[C@@H](O[C@@H]3O[C@H](CO[C@H]4O[C@H](CO)[C@@H](O)[C@H](O)[C@@H]4O)[C@@H](O)[C@H](O)[C@@H]3O)[C@H](O)[C@H]2NC(C)=O)[C@@H](CO[C@H]2O[C@H](C)[C@H](O)[C@H](O)[C@H]2O)O[C@H]1O. The van der Waals surface area contributed by atoms with E-state index in [2.05, 4.69) is 10.6 Å². The van der Waals surface area contributed by atoms with E-state index in [0.717, 1.165) is 13.8 Å². The van der Waals surface area contributed by atoms with Gasteiger partial charge in [0.2, 0.25) is 11.8 Å². The van der Waals surface area contributed by atoms with E-state index in [-0.39, 0.29) is 0 Å². The number of carbonyl (C=O) groups is 2. The molecule has 0 radical (unpaired) electrons. The molecule has 0 spiro atoms. The average Bonchev–Trinajstić information content (AvgIpc) is 3.21. The number of amides is 2. The number of carbonyl (C=O) groups excluding carboxylic acids is 2. The summed E-state index contributed by atoms with van der Waals surface area (Å²) in [6, 6.07) is -3.23. The number of aliphatic hydroxyl groups is 14. The topological polar surface area (TPSA) is 424 Å². The number of aliphatic hydroxyl groups excluding tert-OH is 14. The third-order valence-electron chi connectivity index (χ3n) is 11.0. The largest absolute Gasteiger partial charge is 0.394 e. The summed E-state index contributed by atoms with van der Waals surface area (Å²) in [6.07, 6.45) is -39.7. The van der Waals surface area contributed by atoms with Gasteiger partial charge in [0.15, 0.2) is 31.5 Å². The second-order valence-corrected chi connectivity index (χ2v) is 15.5. The molecule has 16 N–H and O–H groups in total. The first-order valence-electron chi connectivity index (χ1n) is 19.4. The van der Waals surface area contributed by atoms with Crippen LogP contribution < -0.4 is 10.6 Å². The number of nitrogens with one attached hydrogen (secondary N) is 2. The molecule has 5 fully saturated rings. The molecular formula is C34H58N2O25. The Bertz CT molecular complexity index is 1420. The van der Waals surface area contributed by atoms with Crippen molar-refractivity contribution in [3.8, 4) is 0 Å². The predicted molar refractivity (Wildman–Crippen MR) is 188 cm³/mol. The molecule has 61 heavy (non-hydrogen) atoms. The van der Waals surface area contributed by atoms with Gasteiger partial charge in [0.05, 0.1) is 32.5 Å². The molecule has 0 aromatic rings. The molecule has 354 valence electrons. The fourth-order valence-electron chi connectivity index (χ4n) is 7.58. The van der Waals surface area contributed by atoms with Gasteiger partial charge < -0.3 is 125 Å². The minimum atomic E-state index is -2.05. The first-order valence-corrected chi connectivity index (χ1v) is 19.4. The lowest BCUT2D eigenvalue weighted by molar-refractivity contribution is -0.367. The molecule has 0 aromatic carbocycles. The number of rotatable bonds is 14. The summed E-state index contributed by atoms with van der Waals surface area (Å²) in [7, 11) is 0. The molecule has 0 unspecified atom stereocenters. The molecule has 5 rings (SSSR count). The quantitative estimate of drug-likeness (QED) is 0.0770. The van der Waals surface area contributed by atoms with Crippen molar-refractivity contribution in [1.82, 2.24) is 10.6 Å². The molecular weight excluding hydrogens is 836 g/mol. The van der Waals surface area contributed by atoms with Crippen molar-refractivity contribution in [2.24, 2.45) is 0 Å². The standard InChI is InChI=1S/C34H58N2O25/c1-8-17(41)22(46)25(49)32(55-8)54-7-14-29(20(44)15(30(52)56-14)35-9(2)39)60-31-16(36-10(3)40)21(45)28(12(5-38)58-31)61-34-27(51)24(48)19(43)13(59-34)6-53-33-26(50)23(47)18(42)11(4-37)57-33/h8,11-34,37-38,41-52H,4-7H2,1-3H3,(H,35,39)(H,36,40)/t8-,11-,12-,13-,14-,15-,16-,17+,18-,19-,20-,21-,22+,23+,24+,25-,26+,27+,28-,29-,30-,31+,32+,33+,34+/m1/s1. The van der Waals surface area contributed by atoms with E-state index in [1.807, 2.05) is 0 Å². The third kappa shape index (κ3) is 11.1. The Kier molecular flexibility index (Phi) is 17.5. The van der Waals surface area contributed by atoms with E-state index in [4.69, 9.17) is 42.6 Å². The minimum Gasteiger partial charge on any atom is -0.394 e. The van der Waals surface area contributed by atoms with Gasteiger partial charge in [-0.25, -0.2) is 0 Å². The van der Waals surface area contributed by atoms with Crippen LogP contribution in [0.15, 0.2) is 0 Å². The second-order valence-electron chi connectivity index (χ2n) is 15.5. The lowest BCUT2D eigenvalue weighted by Crippen LogP contribution is -2.70. The molecule has 5 aliphatic rings. The average molecular weight is 895 g/mol. The van der Waals surface area contributed by atoms with Crippen molar-refractivity contribution in [3.05, 3.63) is 0 Å². The zero-order chi connectivity index (χ0) is 45.2. The van der Waals surface area contributed by atoms with Crippen molar-refractivity contribution in [2.75, 3.05) is 26.4 Å². The smallest absolute Gasteiger partial charge is 0.217 e. The molecule has 25 atom stereocenters. The van der Waals surface area contributed by atoms with Crippen molar-refractivity contribution >= 4 is 11.8 Å². The summed E-state index contributed by atoms with van der Waals surface area (Å²) in [5, 5.41) is 152. The molecule has 0 bridgehead atoms. The predicted octanol–water partition coefficient (Wildman–Crippen LogP) is -10.6. The van der Waals surface area contributed by atoms with Crippen LogP contribution >= 0.6 is 0 Å². The maximum Gasteiger partial charge on any atom is 0.217 e. The number of hydrogen-bond acceptors (Lipinski definition) is 25. The van der Waals surface area contributed by atoms with Crippen molar-refractivity contribution in [1.29, 1.82) is 0 Å². The van der Waals surface area contributed by atoms with Crippen LogP contribution in [-0.4, -0.2) is 263 Å². The van der Waals surface area contributed by atoms with Crippen molar-refractivity contribution in [3.63, 3.8) is 0 Å². The van der Waals surface area contributed by atoms with Gasteiger partial charge in [-0.1, -0.05) is 0 Å². The van der Waals surface area contributed by atoms with Crippen molar-refractivity contribution in [2.45, 2.75) is 174 Å². The zero-order valence-electron chi connectivity index (χ0n) is 33.0. The summed E-state index contributed by atoms with van der Waals surface area (Å²) in [5.41, 5.74) is 0. The van der Waals surface area contributed by atoms with Gasteiger partial charge in [-0.05, 0) is 6.92 Å². The lowest BCUT2D eigenvalue weighted by Gasteiger charge is -2.49. The highest BCUT2D eigenvalue weighted by atomic mass is 16.8. The van der Waals surface area contributed by atoms with E-state index < -0.39 is 192 Å². The Hall–Kier alpha value is -1.98. The molecule has 0 aromatic heterocycles. The van der Waals surface area contributed by atoms with E-state index in [1.165, 1.54) is 6.92 Å². The maximum absolute atomic E-state index is 12.5. The number of hydrogen-bond donors (Lipinski definition) is 16. The summed E-state index contributed by atoms with van der Waals surface area (Å²) in [6.45, 7) is 0.353. The van der Waals surface area contributed by atoms with Crippen LogP contribution in [0.1, 0.15) is 20.8 Å². The normalized spacial score (nSPS) is 49.6. The third-order valence-corrected chi connectivity index (χ3v) is 11.0. The molecule has 2 amide bonds. The van der Waals surface area contributed by atoms with Gasteiger partial charge in [-0.15, -0.1) is 0 Å². The van der Waals surface area contributed by atoms with Crippen molar-refractivity contribution < 1.29 is 124 Å². The van der Waals surface area contributed by atoms with Gasteiger partial charge in [0.25, 0.3) is 0 Å². The number of ether oxygens (including phenoxy) is 9. The fraction of sp³-hybridized carbons (Fsp3) is 0.941. The Morgan fingerprint density at radius 2 is 0.885 bits per heavy atom. The molecule has 0 aliphatic carbocycles. The van der Waals surface area contributed by atoms with E-state index in [1.54, 1.807) is 0 Å². The highest BCUT2D eigenvalue weighted by Crippen LogP contribution is 2.34. The molecule has 5 heterocycles. The van der Waals surface area contributed by atoms with Crippen LogP contribution in [0.2, 0.25) is 0 Å². The van der Waals surface area contributed by atoms with Crippen LogP contribution in [0.4, 0.5) is 0 Å². The van der Waals surface area contributed by atoms with Gasteiger partial charge in [0.1, 0.15) is 116 Å². The highest BCUT2D eigenvalue weighted by Gasteiger charge is 2.55. The summed E-state index contributed by atoms with van der Waals surface area (Å²) >= 11 is 0. The molecule has 5 aliphatic heterocycles. The van der Waals surface area contributed by atoms with Crippen LogP contribution in [0.5, 0.6) is 0 Å². The Labute approximate surface area is 346 Å². The highest BCUT2D eigenvalue weighted by molar-refractivity contribution is 5.73. The first kappa shape index (κ1) is 50.0. The summed E-state index contributed by atoms with van der Waals surface area (Å²) in [4.78, 5) is 24.5. The van der Waals surface area contributed by atoms with Gasteiger partial charge >= 0.3 is 0 Å². The fourth-order valence-corrected chi connectivity index (χ4v) is 7.58. The van der Waals surface area contributed by atoms with E-state index in [9.17, 15) is 81.1 Å². The van der Waals surface area contributed by atoms with Crippen LogP contribution in [0.3, 0.4) is 0 Å². The first-order chi connectivity index (χ1) is 28.7. The summed E-state index contributed by atoms with van der Waals surface area (Å²) < 4.78 is 50.8. The second kappa shape index (κ2) is 21.3. The molecule has 27 nitrogen and oxygen atoms in total. The van der Waals surface area contributed by atoms with Crippen LogP contribution in [0.25, 0.3) is 0 Å². The monoisotopic (exact) mass is 894 g/mol. The van der Waals surface area contributed by atoms with Gasteiger partial charge in [-0.2, -0.15) is 0 Å². The van der Waals surface area contributed by atoms with Crippen LogP contribution in [-0.2, 0) is 52.2 Å².